The molecule has 3 rings (SSSR count). The van der Waals surface area contributed by atoms with Gasteiger partial charge < -0.3 is 14.9 Å². The number of carbonyl (C=O) groups is 2. The number of benzene rings is 2. The highest BCUT2D eigenvalue weighted by Gasteiger charge is 2.46. The first kappa shape index (κ1) is 28.5. The van der Waals surface area contributed by atoms with Gasteiger partial charge in [0.1, 0.15) is 5.76 Å². The Morgan fingerprint density at radius 3 is 2.30 bits per heavy atom. The molecule has 0 aliphatic carbocycles. The second kappa shape index (κ2) is 13.5. The van der Waals surface area contributed by atoms with E-state index in [1.807, 2.05) is 24.3 Å². The SMILES string of the molecule is CCCCN(CCCC)CCCN1C(=O)C(=O)C(=C(O)c2cccc([N+](=O)[O-])c2)[C@H]1c1cccc(Br)c1. The molecule has 0 aromatic heterocycles. The van der Waals surface area contributed by atoms with Gasteiger partial charge in [0, 0.05) is 28.7 Å². The van der Waals surface area contributed by atoms with E-state index >= 15 is 0 Å². The summed E-state index contributed by atoms with van der Waals surface area (Å²) in [6.07, 6.45) is 5.11. The van der Waals surface area contributed by atoms with Crippen LogP contribution in [0, 0.1) is 10.1 Å². The van der Waals surface area contributed by atoms with Crippen LogP contribution in [0.1, 0.15) is 63.1 Å². The van der Waals surface area contributed by atoms with Crippen molar-refractivity contribution in [3.63, 3.8) is 0 Å². The maximum absolute atomic E-state index is 13.2. The van der Waals surface area contributed by atoms with Gasteiger partial charge in [0.05, 0.1) is 16.5 Å². The molecule has 0 unspecified atom stereocenters. The van der Waals surface area contributed by atoms with E-state index in [9.17, 15) is 24.8 Å². The largest absolute Gasteiger partial charge is 0.507 e. The Kier molecular flexibility index (Phi) is 10.4. The summed E-state index contributed by atoms with van der Waals surface area (Å²) in [5.41, 5.74) is 0.529. The van der Waals surface area contributed by atoms with Crippen LogP contribution in [0.25, 0.3) is 5.76 Å². The van der Waals surface area contributed by atoms with Crippen molar-refractivity contribution in [2.45, 2.75) is 52.0 Å². The highest BCUT2D eigenvalue weighted by atomic mass is 79.9. The van der Waals surface area contributed by atoms with Crippen molar-refractivity contribution in [2.24, 2.45) is 0 Å². The lowest BCUT2D eigenvalue weighted by Crippen LogP contribution is -2.34. The summed E-state index contributed by atoms with van der Waals surface area (Å²) in [7, 11) is 0. The number of carbonyl (C=O) groups excluding carboxylic acids is 2. The third kappa shape index (κ3) is 7.05. The van der Waals surface area contributed by atoms with Gasteiger partial charge in [-0.1, -0.05) is 66.9 Å². The highest BCUT2D eigenvalue weighted by Crippen LogP contribution is 2.40. The predicted octanol–water partition coefficient (Wildman–Crippen LogP) is 6.07. The Morgan fingerprint density at radius 2 is 1.68 bits per heavy atom. The molecule has 1 aliphatic heterocycles. The smallest absolute Gasteiger partial charge is 0.295 e. The number of non-ortho nitro benzene ring substituents is 1. The quantitative estimate of drug-likeness (QED) is 0.103. The molecule has 1 saturated heterocycles. The van der Waals surface area contributed by atoms with Crippen LogP contribution in [0.15, 0.2) is 58.6 Å². The Morgan fingerprint density at radius 1 is 1.03 bits per heavy atom. The lowest BCUT2D eigenvalue weighted by atomic mass is 9.95. The van der Waals surface area contributed by atoms with Crippen LogP contribution >= 0.6 is 15.9 Å². The van der Waals surface area contributed by atoms with Gasteiger partial charge in [0.2, 0.25) is 0 Å². The van der Waals surface area contributed by atoms with Gasteiger partial charge in [0.15, 0.2) is 0 Å². The van der Waals surface area contributed by atoms with Crippen LogP contribution in [0.5, 0.6) is 0 Å². The van der Waals surface area contributed by atoms with Gasteiger partial charge in [-0.15, -0.1) is 0 Å². The maximum Gasteiger partial charge on any atom is 0.295 e. The first-order chi connectivity index (χ1) is 17.8. The molecule has 2 aromatic carbocycles. The number of amides is 1. The summed E-state index contributed by atoms with van der Waals surface area (Å²) in [6, 6.07) is 11.9. The Balaban J connectivity index is 1.96. The molecule has 37 heavy (non-hydrogen) atoms. The van der Waals surface area contributed by atoms with Crippen LogP contribution in [0.3, 0.4) is 0 Å². The van der Waals surface area contributed by atoms with Crippen molar-refractivity contribution >= 4 is 39.1 Å². The number of rotatable bonds is 13. The van der Waals surface area contributed by atoms with Gasteiger partial charge >= 0.3 is 0 Å². The van der Waals surface area contributed by atoms with E-state index < -0.39 is 28.4 Å². The second-order valence-electron chi connectivity index (χ2n) is 9.26. The average Bonchev–Trinajstić information content (AvgIpc) is 3.14. The molecule has 0 bridgehead atoms. The molecule has 9 heteroatoms. The Bertz CT molecular complexity index is 1160. The van der Waals surface area contributed by atoms with Gasteiger partial charge in [-0.25, -0.2) is 0 Å². The summed E-state index contributed by atoms with van der Waals surface area (Å²) in [5, 5.41) is 22.4. The number of Topliss-reactive ketones (excluding diaryl/α,β-unsaturated/α-hetero) is 1. The van der Waals surface area contributed by atoms with E-state index in [1.165, 1.54) is 29.2 Å². The summed E-state index contributed by atoms with van der Waals surface area (Å²) in [6.45, 7) is 7.48. The molecule has 0 saturated carbocycles. The summed E-state index contributed by atoms with van der Waals surface area (Å²) < 4.78 is 0.774. The number of unbranched alkanes of at least 4 members (excludes halogenated alkanes) is 2. The molecule has 0 spiro atoms. The molecule has 2 aromatic rings. The fourth-order valence-corrected chi connectivity index (χ4v) is 5.04. The zero-order valence-electron chi connectivity index (χ0n) is 21.4. The number of ketones is 1. The number of halogens is 1. The third-order valence-electron chi connectivity index (χ3n) is 6.56. The molecule has 0 radical (unpaired) electrons. The topological polar surface area (TPSA) is 104 Å². The van der Waals surface area contributed by atoms with Gasteiger partial charge in [-0.2, -0.15) is 0 Å². The monoisotopic (exact) mass is 571 g/mol. The van der Waals surface area contributed by atoms with Crippen molar-refractivity contribution in [3.8, 4) is 0 Å². The van der Waals surface area contributed by atoms with Crippen molar-refractivity contribution in [3.05, 3.63) is 79.8 Å². The molecule has 198 valence electrons. The maximum atomic E-state index is 13.2. The van der Waals surface area contributed by atoms with E-state index in [-0.39, 0.29) is 16.8 Å². The number of aliphatic hydroxyl groups excluding tert-OH is 1. The lowest BCUT2D eigenvalue weighted by Gasteiger charge is -2.27. The third-order valence-corrected chi connectivity index (χ3v) is 7.06. The molecule has 8 nitrogen and oxygen atoms in total. The molecular weight excluding hydrogens is 538 g/mol. The Hall–Kier alpha value is -3.04. The highest BCUT2D eigenvalue weighted by molar-refractivity contribution is 9.10. The summed E-state index contributed by atoms with van der Waals surface area (Å²) >= 11 is 3.46. The van der Waals surface area contributed by atoms with E-state index in [0.29, 0.717) is 18.5 Å². The lowest BCUT2D eigenvalue weighted by molar-refractivity contribution is -0.384. The van der Waals surface area contributed by atoms with Crippen molar-refractivity contribution in [1.29, 1.82) is 0 Å². The van der Waals surface area contributed by atoms with Crippen LogP contribution in [0.4, 0.5) is 5.69 Å². The van der Waals surface area contributed by atoms with E-state index in [1.54, 1.807) is 0 Å². The second-order valence-corrected chi connectivity index (χ2v) is 10.2. The van der Waals surface area contributed by atoms with Crippen molar-refractivity contribution in [1.82, 2.24) is 9.80 Å². The van der Waals surface area contributed by atoms with Gasteiger partial charge in [-0.3, -0.25) is 19.7 Å². The molecular formula is C28H34BrN3O5. The van der Waals surface area contributed by atoms with Crippen LogP contribution in [-0.2, 0) is 9.59 Å². The molecule has 1 amide bonds. The normalized spacial score (nSPS) is 17.1. The van der Waals surface area contributed by atoms with Gasteiger partial charge in [-0.05, 0) is 56.6 Å². The Labute approximate surface area is 226 Å². The number of nitrogens with zero attached hydrogens (tertiary/aromatic N) is 3. The zero-order chi connectivity index (χ0) is 26.9. The average molecular weight is 573 g/mol. The first-order valence-corrected chi connectivity index (χ1v) is 13.6. The number of hydrogen-bond donors (Lipinski definition) is 1. The van der Waals surface area contributed by atoms with Crippen LogP contribution in [0.2, 0.25) is 0 Å². The van der Waals surface area contributed by atoms with E-state index in [4.69, 9.17) is 0 Å². The minimum Gasteiger partial charge on any atom is -0.507 e. The number of likely N-dealkylation sites (tertiary alicyclic amines) is 1. The molecule has 1 fully saturated rings. The number of nitro groups is 1. The number of aliphatic hydroxyl groups is 1. The fourth-order valence-electron chi connectivity index (χ4n) is 4.62. The minimum absolute atomic E-state index is 0.0579. The van der Waals surface area contributed by atoms with Crippen LogP contribution < -0.4 is 0 Å². The molecule has 1 N–H and O–H groups in total. The van der Waals surface area contributed by atoms with E-state index in [2.05, 4.69) is 34.7 Å². The first-order valence-electron chi connectivity index (χ1n) is 12.8. The molecule has 1 heterocycles. The predicted molar refractivity (Wildman–Crippen MR) is 147 cm³/mol. The zero-order valence-corrected chi connectivity index (χ0v) is 22.9. The van der Waals surface area contributed by atoms with Crippen molar-refractivity contribution in [2.75, 3.05) is 26.2 Å². The summed E-state index contributed by atoms with van der Waals surface area (Å²) in [5.74, 6) is -1.88. The van der Waals surface area contributed by atoms with Crippen LogP contribution in [-0.4, -0.2) is 57.7 Å². The standard InChI is InChI=1S/C28H34BrN3O5/c1-3-5-14-30(15-6-4-2)16-9-17-31-25(20-10-7-12-22(29)18-20)24(27(34)28(31)35)26(33)21-11-8-13-23(19-21)32(36)37/h7-8,10-13,18-19,25,33H,3-6,9,14-17H2,1-2H3/t25-/m1/s1. The fraction of sp³-hybridized carbons (Fsp3) is 0.429. The van der Waals surface area contributed by atoms with Gasteiger partial charge in [0.25, 0.3) is 17.4 Å². The molecule has 1 aliphatic rings. The number of hydrogen-bond acceptors (Lipinski definition) is 6. The molecule has 1 atom stereocenters. The minimum atomic E-state index is -0.795. The number of nitro benzene ring substituents is 1. The summed E-state index contributed by atoms with van der Waals surface area (Å²) in [4.78, 5) is 41.1. The van der Waals surface area contributed by atoms with E-state index in [0.717, 1.165) is 49.8 Å². The van der Waals surface area contributed by atoms with Crippen molar-refractivity contribution < 1.29 is 19.6 Å².